The van der Waals surface area contributed by atoms with Crippen LogP contribution in [0.4, 0.5) is 119 Å². The maximum Gasteiger partial charge on any atom is 0.412 e. The van der Waals surface area contributed by atoms with Crippen molar-refractivity contribution in [2.75, 3.05) is 19.8 Å². The van der Waals surface area contributed by atoms with E-state index in [-0.39, 0.29) is 0 Å². The first-order valence-electron chi connectivity index (χ1n) is 11.3. The Morgan fingerprint density at radius 1 is 0.245 bits per heavy atom. The summed E-state index contributed by atoms with van der Waals surface area (Å²) >= 11 is 0. The molecule has 31 heteroatoms. The van der Waals surface area contributed by atoms with Crippen molar-refractivity contribution < 1.29 is 132 Å². The van der Waals surface area contributed by atoms with Crippen LogP contribution in [-0.4, -0.2) is 75.4 Å². The average Bonchev–Trinajstić information content (AvgIpc) is 2.73. The third-order valence-electron chi connectivity index (χ3n) is 6.38. The van der Waals surface area contributed by atoms with Crippen LogP contribution < -0.4 is 0 Å². The minimum absolute atomic E-state index is 2.88. The summed E-state index contributed by atoms with van der Waals surface area (Å²) in [7, 11) is -4.85. The number of rotatable bonds is 12. The van der Waals surface area contributed by atoms with Crippen LogP contribution in [0.1, 0.15) is 19.3 Å². The molecule has 0 spiro atoms. The van der Waals surface area contributed by atoms with Gasteiger partial charge in [0.1, 0.15) is 0 Å². The van der Waals surface area contributed by atoms with Crippen LogP contribution in [0.15, 0.2) is 0 Å². The van der Waals surface area contributed by atoms with Crippen molar-refractivity contribution in [3.63, 3.8) is 0 Å². The van der Waals surface area contributed by atoms with Gasteiger partial charge in [0.2, 0.25) is 0 Å². The molecule has 3 nitrogen and oxygen atoms in total. The molecule has 0 fully saturated rings. The molecule has 0 aliphatic carbocycles. The van der Waals surface area contributed by atoms with Crippen LogP contribution in [0.25, 0.3) is 0 Å². The minimum Gasteiger partial charge on any atom is -0.312 e. The van der Waals surface area contributed by atoms with Crippen molar-refractivity contribution in [2.24, 2.45) is 16.2 Å². The summed E-state index contributed by atoms with van der Waals surface area (Å²) in [6, 6.07) is 0. The molecule has 49 heavy (non-hydrogen) atoms. The highest BCUT2D eigenvalue weighted by Crippen LogP contribution is 2.64. The Hall–Kier alpha value is -1.58. The Morgan fingerprint density at radius 2 is 0.367 bits per heavy atom. The van der Waals surface area contributed by atoms with E-state index < -0.39 is 120 Å². The fourth-order valence-corrected chi connectivity index (χ4v) is 4.60. The maximum atomic E-state index is 13.0. The Labute approximate surface area is 253 Å². The lowest BCUT2D eigenvalue weighted by atomic mass is 9.82. The van der Waals surface area contributed by atoms with Crippen molar-refractivity contribution in [3.8, 4) is 0 Å². The van der Waals surface area contributed by atoms with Crippen LogP contribution >= 0.6 is 8.60 Å². The summed E-state index contributed by atoms with van der Waals surface area (Å²) in [6.07, 6.45) is -77.3. The van der Waals surface area contributed by atoms with E-state index in [2.05, 4.69) is 13.6 Å². The average molecular weight is 820 g/mol. The lowest BCUT2D eigenvalue weighted by Gasteiger charge is -2.39. The standard InChI is InChI=1S/C18H12F27O3P/c19-10(20,21)7(11(22,23)24,12(25,26)27)1-4-46-49(47-5-2-8(13(28,29)30,14(31,32)33)15(34,35)36)48-6-3-9(16(37,38)39,17(40,41)42)18(43,44)45/h1-6H2. The summed E-state index contributed by atoms with van der Waals surface area (Å²) in [5.74, 6) is 0. The largest absolute Gasteiger partial charge is 0.412 e. The van der Waals surface area contributed by atoms with E-state index in [9.17, 15) is 119 Å². The zero-order valence-electron chi connectivity index (χ0n) is 22.1. The molecule has 0 aliphatic heterocycles. The molecular formula is C18H12F27O3P. The zero-order chi connectivity index (χ0) is 39.9. The highest BCUT2D eigenvalue weighted by molar-refractivity contribution is 7.41. The number of halogens is 27. The molecular weight excluding hydrogens is 808 g/mol. The van der Waals surface area contributed by atoms with Crippen molar-refractivity contribution in [2.45, 2.75) is 74.8 Å². The SMILES string of the molecule is FC(F)(F)C(CCOP(OCCC(C(F)(F)F)(C(F)(F)F)C(F)(F)F)OCCC(C(F)(F)F)(C(F)(F)F)C(F)(F)F)(C(F)(F)F)C(F)(F)F. The molecule has 0 amide bonds. The highest BCUT2D eigenvalue weighted by atomic mass is 31.2. The molecule has 296 valence electrons. The van der Waals surface area contributed by atoms with Crippen LogP contribution in [0, 0.1) is 16.2 Å². The quantitative estimate of drug-likeness (QED) is 0.145. The van der Waals surface area contributed by atoms with Gasteiger partial charge in [-0.1, -0.05) is 0 Å². The third kappa shape index (κ3) is 9.08. The zero-order valence-corrected chi connectivity index (χ0v) is 23.0. The summed E-state index contributed by atoms with van der Waals surface area (Å²) in [4.78, 5) is 0. The van der Waals surface area contributed by atoms with E-state index >= 15 is 0 Å². The molecule has 0 aromatic carbocycles. The summed E-state index contributed by atoms with van der Waals surface area (Å²) in [5.41, 5.74) is -20.6. The lowest BCUT2D eigenvalue weighted by Crippen LogP contribution is -2.60. The first-order chi connectivity index (χ1) is 21.0. The molecule has 0 atom stereocenters. The fraction of sp³-hybridized carbons (Fsp3) is 1.00. The van der Waals surface area contributed by atoms with Gasteiger partial charge >= 0.3 is 64.2 Å². The van der Waals surface area contributed by atoms with Gasteiger partial charge in [0.05, 0.1) is 19.8 Å². The van der Waals surface area contributed by atoms with E-state index in [4.69, 9.17) is 0 Å². The lowest BCUT2D eigenvalue weighted by molar-refractivity contribution is -0.430. The fourth-order valence-electron chi connectivity index (χ4n) is 3.65. The van der Waals surface area contributed by atoms with E-state index in [0.717, 1.165) is 0 Å². The second-order valence-corrected chi connectivity index (χ2v) is 10.4. The first-order valence-corrected chi connectivity index (χ1v) is 12.4. The number of alkyl halides is 27. The van der Waals surface area contributed by atoms with Gasteiger partial charge in [-0.2, -0.15) is 119 Å². The number of hydrogen-bond acceptors (Lipinski definition) is 3. The van der Waals surface area contributed by atoms with E-state index in [1.54, 1.807) is 0 Å². The Morgan fingerprint density at radius 3 is 0.469 bits per heavy atom. The molecule has 0 bridgehead atoms. The van der Waals surface area contributed by atoms with Gasteiger partial charge in [-0.15, -0.1) is 0 Å². The van der Waals surface area contributed by atoms with Gasteiger partial charge in [-0.3, -0.25) is 0 Å². The molecule has 0 aliphatic rings. The summed E-state index contributed by atoms with van der Waals surface area (Å²) in [6.45, 7) is -8.64. The van der Waals surface area contributed by atoms with Crippen LogP contribution in [0.3, 0.4) is 0 Å². The van der Waals surface area contributed by atoms with Gasteiger partial charge in [-0.05, 0) is 0 Å². The molecule has 0 N–H and O–H groups in total. The Balaban J connectivity index is 6.80. The molecule has 0 radical (unpaired) electrons. The molecule has 0 saturated carbocycles. The molecule has 0 unspecified atom stereocenters. The van der Waals surface area contributed by atoms with Gasteiger partial charge in [0, 0.05) is 19.3 Å². The Kier molecular flexibility index (Phi) is 13.6. The predicted molar refractivity (Wildman–Crippen MR) is 100 cm³/mol. The van der Waals surface area contributed by atoms with E-state index in [1.165, 1.54) is 0 Å². The van der Waals surface area contributed by atoms with E-state index in [1.807, 2.05) is 0 Å². The summed E-state index contributed by atoms with van der Waals surface area (Å²) < 4.78 is 363. The molecule has 0 aromatic rings. The van der Waals surface area contributed by atoms with Crippen molar-refractivity contribution in [1.29, 1.82) is 0 Å². The van der Waals surface area contributed by atoms with Crippen molar-refractivity contribution in [1.82, 2.24) is 0 Å². The summed E-state index contributed by atoms with van der Waals surface area (Å²) in [5, 5.41) is 0. The van der Waals surface area contributed by atoms with E-state index in [0.29, 0.717) is 0 Å². The first kappa shape index (κ1) is 47.4. The second kappa shape index (κ2) is 14.1. The normalized spacial score (nSPS) is 16.2. The smallest absolute Gasteiger partial charge is 0.312 e. The van der Waals surface area contributed by atoms with Crippen molar-refractivity contribution >= 4 is 8.60 Å². The van der Waals surface area contributed by atoms with Crippen LogP contribution in [-0.2, 0) is 13.6 Å². The van der Waals surface area contributed by atoms with Crippen LogP contribution in [0.5, 0.6) is 0 Å². The van der Waals surface area contributed by atoms with Gasteiger partial charge in [-0.25, -0.2) is 0 Å². The topological polar surface area (TPSA) is 27.7 Å². The van der Waals surface area contributed by atoms with Gasteiger partial charge < -0.3 is 13.6 Å². The molecule has 0 saturated heterocycles. The Bertz CT molecular complexity index is 808. The number of hydrogen-bond donors (Lipinski definition) is 0. The van der Waals surface area contributed by atoms with Crippen molar-refractivity contribution in [3.05, 3.63) is 0 Å². The second-order valence-electron chi connectivity index (χ2n) is 9.17. The van der Waals surface area contributed by atoms with Gasteiger partial charge in [0.15, 0.2) is 0 Å². The highest BCUT2D eigenvalue weighted by Gasteiger charge is 2.85. The monoisotopic (exact) mass is 820 g/mol. The maximum absolute atomic E-state index is 13.0. The molecule has 0 rings (SSSR count). The van der Waals surface area contributed by atoms with Gasteiger partial charge in [0.25, 0.3) is 16.2 Å². The van der Waals surface area contributed by atoms with Crippen LogP contribution in [0.2, 0.25) is 0 Å². The minimum atomic E-state index is -7.42. The molecule has 0 heterocycles. The molecule has 0 aromatic heterocycles. The predicted octanol–water partition coefficient (Wildman–Crippen LogP) is 11.5. The third-order valence-corrected chi connectivity index (χ3v) is 7.56.